The second kappa shape index (κ2) is 7.91. The number of aryl methyl sites for hydroxylation is 1. The molecule has 0 aliphatic heterocycles. The molecule has 0 bridgehead atoms. The number of aromatic nitrogens is 2. The molecule has 0 fully saturated rings. The van der Waals surface area contributed by atoms with E-state index < -0.39 is 0 Å². The number of hydrogen-bond acceptors (Lipinski definition) is 2. The van der Waals surface area contributed by atoms with Crippen LogP contribution in [0.3, 0.4) is 0 Å². The highest BCUT2D eigenvalue weighted by Crippen LogP contribution is 1.98. The summed E-state index contributed by atoms with van der Waals surface area (Å²) in [7, 11) is 0. The minimum absolute atomic E-state index is 0.0431. The fourth-order valence-electron chi connectivity index (χ4n) is 1.05. The van der Waals surface area contributed by atoms with Gasteiger partial charge in [-0.05, 0) is 12.8 Å². The third kappa shape index (κ3) is 4.96. The summed E-state index contributed by atoms with van der Waals surface area (Å²) < 4.78 is 1.74. The molecule has 4 nitrogen and oxygen atoms in total. The molecule has 1 rings (SSSR count). The quantitative estimate of drug-likeness (QED) is 0.854. The smallest absolute Gasteiger partial charge is 0.254 e. The first-order valence-corrected chi connectivity index (χ1v) is 5.94. The Morgan fingerprint density at radius 2 is 2.12 bits per heavy atom. The predicted molar refractivity (Wildman–Crippen MR) is 66.4 cm³/mol. The van der Waals surface area contributed by atoms with Crippen molar-refractivity contribution in [3.63, 3.8) is 0 Å². The molecule has 0 saturated carbocycles. The van der Waals surface area contributed by atoms with Crippen molar-refractivity contribution in [3.05, 3.63) is 18.0 Å². The lowest BCUT2D eigenvalue weighted by Crippen LogP contribution is -2.26. The van der Waals surface area contributed by atoms with Gasteiger partial charge in [0.05, 0.1) is 11.8 Å². The molecule has 1 N–H and O–H groups in total. The average molecular weight is 225 g/mol. The van der Waals surface area contributed by atoms with Crippen molar-refractivity contribution in [1.29, 1.82) is 0 Å². The van der Waals surface area contributed by atoms with Crippen LogP contribution >= 0.6 is 0 Å². The molecule has 0 aliphatic carbocycles. The third-order valence-electron chi connectivity index (χ3n) is 1.89. The minimum Gasteiger partial charge on any atom is -0.352 e. The van der Waals surface area contributed by atoms with Crippen LogP contribution in [0.15, 0.2) is 12.4 Å². The minimum atomic E-state index is -0.0431. The van der Waals surface area contributed by atoms with Crippen LogP contribution in [-0.4, -0.2) is 22.2 Å². The van der Waals surface area contributed by atoms with Gasteiger partial charge in [-0.15, -0.1) is 0 Å². The molecule has 4 heteroatoms. The van der Waals surface area contributed by atoms with E-state index in [4.69, 9.17) is 0 Å². The van der Waals surface area contributed by atoms with Crippen LogP contribution in [-0.2, 0) is 6.54 Å². The predicted octanol–water partition coefficient (Wildman–Crippen LogP) is 2.32. The van der Waals surface area contributed by atoms with Gasteiger partial charge in [0, 0.05) is 19.3 Å². The second-order valence-electron chi connectivity index (χ2n) is 3.69. The lowest BCUT2D eigenvalue weighted by Gasteiger charge is -2.05. The Bertz CT molecular complexity index is 305. The number of nitrogens with zero attached hydrogens (tertiary/aromatic N) is 2. The van der Waals surface area contributed by atoms with Gasteiger partial charge in [-0.25, -0.2) is 0 Å². The molecule has 0 spiro atoms. The first-order valence-electron chi connectivity index (χ1n) is 5.94. The SMILES string of the molecule is CC.CCn1cc(C(=O)NCC(C)C)cn1. The van der Waals surface area contributed by atoms with E-state index in [9.17, 15) is 4.79 Å². The van der Waals surface area contributed by atoms with Gasteiger partial charge in [-0.2, -0.15) is 5.10 Å². The standard InChI is InChI=1S/C10H17N3O.C2H6/c1-4-13-7-9(6-12-13)10(14)11-5-8(2)3;1-2/h6-8H,4-5H2,1-3H3,(H,11,14);1-2H3. The second-order valence-corrected chi connectivity index (χ2v) is 3.69. The molecule has 0 radical (unpaired) electrons. The Balaban J connectivity index is 0.00000106. The first kappa shape index (κ1) is 14.7. The molecule has 0 saturated heterocycles. The normalized spacial score (nSPS) is 9.62. The molecule has 1 amide bonds. The van der Waals surface area contributed by atoms with Crippen molar-refractivity contribution < 1.29 is 4.79 Å². The first-order chi connectivity index (χ1) is 7.63. The largest absolute Gasteiger partial charge is 0.352 e. The van der Waals surface area contributed by atoms with Crippen molar-refractivity contribution in [3.8, 4) is 0 Å². The number of rotatable bonds is 4. The molecule has 1 aromatic heterocycles. The molecule has 0 aliphatic rings. The Kier molecular flexibility index (Phi) is 7.25. The molecule has 0 atom stereocenters. The highest BCUT2D eigenvalue weighted by atomic mass is 16.1. The molecule has 92 valence electrons. The van der Waals surface area contributed by atoms with Gasteiger partial charge in [0.15, 0.2) is 0 Å². The summed E-state index contributed by atoms with van der Waals surface area (Å²) in [4.78, 5) is 11.5. The maximum absolute atomic E-state index is 11.5. The fraction of sp³-hybridized carbons (Fsp3) is 0.667. The van der Waals surface area contributed by atoms with E-state index in [1.807, 2.05) is 20.8 Å². The average Bonchev–Trinajstić information content (AvgIpc) is 2.77. The molecule has 0 unspecified atom stereocenters. The summed E-state index contributed by atoms with van der Waals surface area (Å²) in [5.74, 6) is 0.429. The number of hydrogen-bond donors (Lipinski definition) is 1. The van der Waals surface area contributed by atoms with Gasteiger partial charge in [-0.3, -0.25) is 9.48 Å². The fourth-order valence-corrected chi connectivity index (χ4v) is 1.05. The molecule has 16 heavy (non-hydrogen) atoms. The van der Waals surface area contributed by atoms with Crippen molar-refractivity contribution in [2.24, 2.45) is 5.92 Å². The van der Waals surface area contributed by atoms with Crippen molar-refractivity contribution >= 4 is 5.91 Å². The van der Waals surface area contributed by atoms with Crippen LogP contribution in [0.5, 0.6) is 0 Å². The summed E-state index contributed by atoms with van der Waals surface area (Å²) >= 11 is 0. The Morgan fingerprint density at radius 3 is 2.56 bits per heavy atom. The van der Waals surface area contributed by atoms with E-state index in [-0.39, 0.29) is 5.91 Å². The van der Waals surface area contributed by atoms with Crippen LogP contribution < -0.4 is 5.32 Å². The molecule has 0 aromatic carbocycles. The van der Waals surface area contributed by atoms with E-state index in [1.165, 1.54) is 0 Å². The maximum atomic E-state index is 11.5. The lowest BCUT2D eigenvalue weighted by molar-refractivity contribution is 0.0949. The van der Waals surface area contributed by atoms with Crippen molar-refractivity contribution in [1.82, 2.24) is 15.1 Å². The molecular weight excluding hydrogens is 202 g/mol. The molecular formula is C12H23N3O. The molecule has 1 aromatic rings. The van der Waals surface area contributed by atoms with Gasteiger partial charge in [0.25, 0.3) is 5.91 Å². The van der Waals surface area contributed by atoms with E-state index in [0.29, 0.717) is 18.0 Å². The topological polar surface area (TPSA) is 46.9 Å². The van der Waals surface area contributed by atoms with E-state index in [1.54, 1.807) is 17.1 Å². The number of amides is 1. The van der Waals surface area contributed by atoms with Crippen LogP contribution in [0.25, 0.3) is 0 Å². The van der Waals surface area contributed by atoms with E-state index in [0.717, 1.165) is 6.54 Å². The zero-order valence-corrected chi connectivity index (χ0v) is 10.9. The van der Waals surface area contributed by atoms with Gasteiger partial charge in [0.2, 0.25) is 0 Å². The van der Waals surface area contributed by atoms with Crippen LogP contribution in [0.1, 0.15) is 45.0 Å². The number of carbonyl (C=O) groups excluding carboxylic acids is 1. The van der Waals surface area contributed by atoms with Crippen LogP contribution in [0, 0.1) is 5.92 Å². The maximum Gasteiger partial charge on any atom is 0.254 e. The summed E-state index contributed by atoms with van der Waals surface area (Å²) in [6.07, 6.45) is 3.36. The Hall–Kier alpha value is -1.32. The number of carbonyl (C=O) groups is 1. The molecule has 1 heterocycles. The van der Waals surface area contributed by atoms with Gasteiger partial charge >= 0.3 is 0 Å². The van der Waals surface area contributed by atoms with Gasteiger partial charge < -0.3 is 5.32 Å². The summed E-state index contributed by atoms with van der Waals surface area (Å²) in [5.41, 5.74) is 0.632. The summed E-state index contributed by atoms with van der Waals surface area (Å²) in [6, 6.07) is 0. The van der Waals surface area contributed by atoms with Crippen molar-refractivity contribution in [2.75, 3.05) is 6.54 Å². The van der Waals surface area contributed by atoms with E-state index >= 15 is 0 Å². The van der Waals surface area contributed by atoms with Gasteiger partial charge in [-0.1, -0.05) is 27.7 Å². The third-order valence-corrected chi connectivity index (χ3v) is 1.89. The van der Waals surface area contributed by atoms with Crippen molar-refractivity contribution in [2.45, 2.75) is 41.2 Å². The van der Waals surface area contributed by atoms with E-state index in [2.05, 4.69) is 24.3 Å². The van der Waals surface area contributed by atoms with Gasteiger partial charge in [0.1, 0.15) is 0 Å². The highest BCUT2D eigenvalue weighted by molar-refractivity contribution is 5.93. The van der Waals surface area contributed by atoms with Crippen LogP contribution in [0.2, 0.25) is 0 Å². The highest BCUT2D eigenvalue weighted by Gasteiger charge is 2.07. The zero-order valence-electron chi connectivity index (χ0n) is 10.9. The zero-order chi connectivity index (χ0) is 12.6. The Morgan fingerprint density at radius 1 is 1.50 bits per heavy atom. The summed E-state index contributed by atoms with van der Waals surface area (Å²) in [6.45, 7) is 11.6. The summed E-state index contributed by atoms with van der Waals surface area (Å²) in [5, 5.41) is 6.88. The Labute approximate surface area is 98.0 Å². The monoisotopic (exact) mass is 225 g/mol. The van der Waals surface area contributed by atoms with Crippen LogP contribution in [0.4, 0.5) is 0 Å². The number of nitrogens with one attached hydrogen (secondary N) is 1. The lowest BCUT2D eigenvalue weighted by atomic mass is 10.2.